The Morgan fingerprint density at radius 3 is 1.71 bits per heavy atom. The van der Waals surface area contributed by atoms with Crippen LogP contribution in [0.4, 0.5) is 0 Å². The standard InChI is InChI=1S/C14H13Br6N3O/c1-8-2-3-9(24-8)4-5-10-21-11(6-13(15,16)17)23-12(22-10)7-14(18,19)20/h2-3H,4-7H2,1H3. The fourth-order valence-electron chi connectivity index (χ4n) is 2.00. The Labute approximate surface area is 191 Å². The van der Waals surface area contributed by atoms with Crippen molar-refractivity contribution in [2.45, 2.75) is 36.9 Å². The van der Waals surface area contributed by atoms with Gasteiger partial charge in [-0.3, -0.25) is 0 Å². The molecule has 0 aliphatic heterocycles. The van der Waals surface area contributed by atoms with E-state index in [0.29, 0.717) is 30.9 Å². The predicted octanol–water partition coefficient (Wildman–Crippen LogP) is 6.32. The number of aromatic nitrogens is 3. The summed E-state index contributed by atoms with van der Waals surface area (Å²) in [5.74, 6) is 3.99. The van der Waals surface area contributed by atoms with Gasteiger partial charge in [-0.05, 0) is 19.1 Å². The SMILES string of the molecule is Cc1ccc(CCc2nc(CC(Br)(Br)Br)nc(CC(Br)(Br)Br)n2)o1. The zero-order valence-electron chi connectivity index (χ0n) is 12.5. The van der Waals surface area contributed by atoms with Crippen LogP contribution in [-0.2, 0) is 25.7 Å². The van der Waals surface area contributed by atoms with E-state index in [4.69, 9.17) is 4.42 Å². The molecule has 0 bridgehead atoms. The van der Waals surface area contributed by atoms with Crippen LogP contribution in [0.3, 0.4) is 0 Å². The largest absolute Gasteiger partial charge is 0.466 e. The van der Waals surface area contributed by atoms with Gasteiger partial charge < -0.3 is 4.42 Å². The topological polar surface area (TPSA) is 51.8 Å². The fourth-order valence-corrected chi connectivity index (χ4v) is 3.51. The molecule has 10 heteroatoms. The second-order valence-electron chi connectivity index (χ2n) is 5.18. The highest BCUT2D eigenvalue weighted by Crippen LogP contribution is 2.37. The van der Waals surface area contributed by atoms with Gasteiger partial charge in [-0.25, -0.2) is 15.0 Å². The van der Waals surface area contributed by atoms with Crippen molar-refractivity contribution < 1.29 is 4.42 Å². The first-order valence-corrected chi connectivity index (χ1v) is 11.7. The Balaban J connectivity index is 2.20. The summed E-state index contributed by atoms with van der Waals surface area (Å²) in [6.45, 7) is 1.94. The van der Waals surface area contributed by atoms with E-state index in [1.807, 2.05) is 19.1 Å². The zero-order chi connectivity index (χ0) is 18.0. The molecule has 0 N–H and O–H groups in total. The molecule has 0 radical (unpaired) electrons. The maximum atomic E-state index is 5.61. The lowest BCUT2D eigenvalue weighted by Crippen LogP contribution is -2.17. The van der Waals surface area contributed by atoms with Crippen LogP contribution in [0, 0.1) is 6.92 Å². The minimum Gasteiger partial charge on any atom is -0.466 e. The second-order valence-corrected chi connectivity index (χ2v) is 19.7. The molecule has 2 rings (SSSR count). The molecule has 0 fully saturated rings. The molecule has 0 atom stereocenters. The lowest BCUT2D eigenvalue weighted by atomic mass is 10.2. The van der Waals surface area contributed by atoms with Gasteiger partial charge in [0, 0.05) is 25.7 Å². The average Bonchev–Trinajstić information content (AvgIpc) is 2.78. The Hall–Kier alpha value is 1.17. The molecule has 24 heavy (non-hydrogen) atoms. The number of hydrogen-bond donors (Lipinski definition) is 0. The molecule has 0 aliphatic carbocycles. The first-order chi connectivity index (χ1) is 11.0. The molecule has 2 aromatic rings. The Morgan fingerprint density at radius 1 is 0.792 bits per heavy atom. The van der Waals surface area contributed by atoms with Crippen molar-refractivity contribution in [1.82, 2.24) is 15.0 Å². The monoisotopic (exact) mass is 713 g/mol. The van der Waals surface area contributed by atoms with E-state index < -0.39 is 4.29 Å². The second kappa shape index (κ2) is 8.91. The summed E-state index contributed by atoms with van der Waals surface area (Å²) in [5, 5.41) is 0. The third kappa shape index (κ3) is 8.24. The van der Waals surface area contributed by atoms with E-state index in [0.717, 1.165) is 23.8 Å². The van der Waals surface area contributed by atoms with E-state index in [1.54, 1.807) is 0 Å². The fraction of sp³-hybridized carbons (Fsp3) is 0.500. The van der Waals surface area contributed by atoms with Crippen molar-refractivity contribution >= 4 is 95.6 Å². The number of rotatable bonds is 5. The number of alkyl halides is 6. The summed E-state index contributed by atoms with van der Waals surface area (Å²) < 4.78 is 4.74. The van der Waals surface area contributed by atoms with Crippen LogP contribution in [0.5, 0.6) is 0 Å². The summed E-state index contributed by atoms with van der Waals surface area (Å²) in [6.07, 6.45) is 2.57. The third-order valence-corrected chi connectivity index (χ3v) is 4.56. The molecule has 0 aliphatic rings. The first-order valence-electron chi connectivity index (χ1n) is 6.92. The Morgan fingerprint density at radius 2 is 1.29 bits per heavy atom. The number of aryl methyl sites for hydroxylation is 3. The molecule has 4 nitrogen and oxygen atoms in total. The normalized spacial score (nSPS) is 12.6. The maximum Gasteiger partial charge on any atom is 0.142 e. The van der Waals surface area contributed by atoms with Crippen LogP contribution in [-0.4, -0.2) is 19.2 Å². The van der Waals surface area contributed by atoms with Gasteiger partial charge in [-0.15, -0.1) is 0 Å². The molecular weight excluding hydrogens is 706 g/mol. The summed E-state index contributed by atoms with van der Waals surface area (Å²) in [4.78, 5) is 13.7. The molecule has 2 aromatic heterocycles. The maximum absolute atomic E-state index is 5.61. The van der Waals surface area contributed by atoms with E-state index in [-0.39, 0.29) is 0 Å². The van der Waals surface area contributed by atoms with E-state index in [9.17, 15) is 0 Å². The summed E-state index contributed by atoms with van der Waals surface area (Å²) >= 11 is 21.0. The van der Waals surface area contributed by atoms with Gasteiger partial charge in [0.05, 0.1) is 0 Å². The van der Waals surface area contributed by atoms with Gasteiger partial charge >= 0.3 is 0 Å². The quantitative estimate of drug-likeness (QED) is 0.340. The molecule has 2 heterocycles. The van der Waals surface area contributed by atoms with Crippen LogP contribution in [0.15, 0.2) is 16.5 Å². The highest BCUT2D eigenvalue weighted by molar-refractivity contribution is 9.39. The highest BCUT2D eigenvalue weighted by Gasteiger charge is 2.24. The highest BCUT2D eigenvalue weighted by atomic mass is 80.0. The van der Waals surface area contributed by atoms with Gasteiger partial charge in [-0.1, -0.05) is 95.6 Å². The molecule has 132 valence electrons. The minimum atomic E-state index is -0.435. The summed E-state index contributed by atoms with van der Waals surface area (Å²) in [5.41, 5.74) is 0. The molecule has 0 saturated heterocycles. The van der Waals surface area contributed by atoms with Crippen LogP contribution >= 0.6 is 95.6 Å². The van der Waals surface area contributed by atoms with Crippen LogP contribution in [0.1, 0.15) is 29.0 Å². The average molecular weight is 719 g/mol. The van der Waals surface area contributed by atoms with Crippen molar-refractivity contribution in [2.75, 3.05) is 0 Å². The Bertz CT molecular complexity index is 658. The molecule has 0 aromatic carbocycles. The summed E-state index contributed by atoms with van der Waals surface area (Å²) in [7, 11) is 0. The smallest absolute Gasteiger partial charge is 0.142 e. The molecule has 0 unspecified atom stereocenters. The number of halogens is 6. The van der Waals surface area contributed by atoms with Crippen LogP contribution in [0.25, 0.3) is 0 Å². The van der Waals surface area contributed by atoms with Gasteiger partial charge in [0.2, 0.25) is 0 Å². The summed E-state index contributed by atoms with van der Waals surface area (Å²) in [6, 6.07) is 3.95. The van der Waals surface area contributed by atoms with Crippen molar-refractivity contribution in [3.8, 4) is 0 Å². The van der Waals surface area contributed by atoms with Gasteiger partial charge in [0.1, 0.15) is 33.3 Å². The van der Waals surface area contributed by atoms with Crippen molar-refractivity contribution in [1.29, 1.82) is 0 Å². The number of furan rings is 1. The van der Waals surface area contributed by atoms with Crippen molar-refractivity contribution in [2.24, 2.45) is 0 Å². The zero-order valence-corrected chi connectivity index (χ0v) is 22.0. The van der Waals surface area contributed by atoms with Gasteiger partial charge in [-0.2, -0.15) is 0 Å². The van der Waals surface area contributed by atoms with E-state index in [2.05, 4.69) is 111 Å². The third-order valence-electron chi connectivity index (χ3n) is 2.88. The Kier molecular flexibility index (Phi) is 7.97. The molecule has 0 spiro atoms. The lowest BCUT2D eigenvalue weighted by molar-refractivity contribution is 0.480. The van der Waals surface area contributed by atoms with Crippen LogP contribution in [0.2, 0.25) is 0 Å². The van der Waals surface area contributed by atoms with Crippen molar-refractivity contribution in [3.63, 3.8) is 0 Å². The molecule has 0 saturated carbocycles. The number of nitrogens with zero attached hydrogens (tertiary/aromatic N) is 3. The predicted molar refractivity (Wildman–Crippen MR) is 117 cm³/mol. The minimum absolute atomic E-state index is 0.435. The van der Waals surface area contributed by atoms with Crippen LogP contribution < -0.4 is 0 Å². The first kappa shape index (κ1) is 21.5. The van der Waals surface area contributed by atoms with Crippen molar-refractivity contribution in [3.05, 3.63) is 41.1 Å². The van der Waals surface area contributed by atoms with Gasteiger partial charge in [0.15, 0.2) is 0 Å². The number of hydrogen-bond acceptors (Lipinski definition) is 4. The van der Waals surface area contributed by atoms with Gasteiger partial charge in [0.25, 0.3) is 0 Å². The van der Waals surface area contributed by atoms with E-state index >= 15 is 0 Å². The van der Waals surface area contributed by atoms with E-state index in [1.165, 1.54) is 0 Å². The molecule has 0 amide bonds. The molecular formula is C14H13Br6N3O. The lowest BCUT2D eigenvalue weighted by Gasteiger charge is -2.15.